The maximum atomic E-state index is 14.9. The minimum atomic E-state index is -0.579. The molecule has 0 atom stereocenters. The van der Waals surface area contributed by atoms with Gasteiger partial charge in [0.25, 0.3) is 0 Å². The number of aromatic nitrogens is 3. The summed E-state index contributed by atoms with van der Waals surface area (Å²) in [6.07, 6.45) is 4.46. The molecule has 1 aromatic carbocycles. The number of ether oxygens (including phenoxy) is 1. The standard InChI is InChI=1S/C17H16FN5O2S/c18-15-11(16(24)12-9-20-17-13(12)8-19-10-21-17)2-1-3-14(15)22-26-23-4-6-25-7-5-23/h1-3,8-10,22H,4-7H2,(H,19,20,21). The van der Waals surface area contributed by atoms with E-state index in [1.165, 1.54) is 30.7 Å². The number of benzene rings is 1. The molecule has 0 saturated carbocycles. The molecule has 3 aromatic rings. The van der Waals surface area contributed by atoms with Crippen LogP contribution in [0.25, 0.3) is 11.0 Å². The molecule has 0 unspecified atom stereocenters. The zero-order valence-electron chi connectivity index (χ0n) is 13.7. The van der Waals surface area contributed by atoms with Crippen LogP contribution in [0.4, 0.5) is 10.1 Å². The van der Waals surface area contributed by atoms with Gasteiger partial charge in [-0.15, -0.1) is 0 Å². The smallest absolute Gasteiger partial charge is 0.198 e. The van der Waals surface area contributed by atoms with Gasteiger partial charge in [0.05, 0.1) is 30.0 Å². The molecular weight excluding hydrogens is 357 g/mol. The fraction of sp³-hybridized carbons (Fsp3) is 0.235. The van der Waals surface area contributed by atoms with E-state index >= 15 is 0 Å². The van der Waals surface area contributed by atoms with Gasteiger partial charge in [0, 0.05) is 43.0 Å². The van der Waals surface area contributed by atoms with Crippen LogP contribution < -0.4 is 4.72 Å². The molecule has 2 aromatic heterocycles. The molecule has 2 N–H and O–H groups in total. The van der Waals surface area contributed by atoms with Crippen molar-refractivity contribution in [2.75, 3.05) is 31.0 Å². The Balaban J connectivity index is 1.57. The third-order valence-electron chi connectivity index (χ3n) is 4.10. The molecule has 134 valence electrons. The highest BCUT2D eigenvalue weighted by Gasteiger charge is 2.21. The van der Waals surface area contributed by atoms with Crippen LogP contribution in [-0.4, -0.2) is 51.3 Å². The van der Waals surface area contributed by atoms with Crippen molar-refractivity contribution in [3.05, 3.63) is 53.9 Å². The van der Waals surface area contributed by atoms with Gasteiger partial charge in [0.1, 0.15) is 12.0 Å². The maximum Gasteiger partial charge on any atom is 0.198 e. The van der Waals surface area contributed by atoms with E-state index in [2.05, 4.69) is 24.0 Å². The lowest BCUT2D eigenvalue weighted by Gasteiger charge is -2.25. The van der Waals surface area contributed by atoms with Crippen LogP contribution >= 0.6 is 12.1 Å². The van der Waals surface area contributed by atoms with Crippen molar-refractivity contribution in [3.63, 3.8) is 0 Å². The Morgan fingerprint density at radius 1 is 1.31 bits per heavy atom. The number of anilines is 1. The van der Waals surface area contributed by atoms with E-state index in [1.807, 2.05) is 0 Å². The number of nitrogens with one attached hydrogen (secondary N) is 2. The number of fused-ring (bicyclic) bond motifs is 1. The van der Waals surface area contributed by atoms with Gasteiger partial charge >= 0.3 is 0 Å². The molecule has 0 radical (unpaired) electrons. The van der Waals surface area contributed by atoms with Crippen molar-refractivity contribution in [2.45, 2.75) is 0 Å². The summed E-state index contributed by atoms with van der Waals surface area (Å²) in [5.74, 6) is -0.993. The van der Waals surface area contributed by atoms with Crippen molar-refractivity contribution in [1.29, 1.82) is 0 Å². The molecule has 0 spiro atoms. The fourth-order valence-electron chi connectivity index (χ4n) is 2.73. The Kier molecular flexibility index (Phi) is 4.83. The molecule has 0 amide bonds. The van der Waals surface area contributed by atoms with E-state index in [1.54, 1.807) is 18.3 Å². The summed E-state index contributed by atoms with van der Waals surface area (Å²) in [7, 11) is 0. The van der Waals surface area contributed by atoms with Crippen molar-refractivity contribution in [2.24, 2.45) is 0 Å². The van der Waals surface area contributed by atoms with Gasteiger partial charge < -0.3 is 14.4 Å². The van der Waals surface area contributed by atoms with Gasteiger partial charge in [-0.1, -0.05) is 6.07 Å². The number of rotatable bonds is 5. The topological polar surface area (TPSA) is 83.1 Å². The third-order valence-corrected chi connectivity index (χ3v) is 5.03. The summed E-state index contributed by atoms with van der Waals surface area (Å²) in [5.41, 5.74) is 1.16. The predicted octanol–water partition coefficient (Wildman–Crippen LogP) is 2.64. The molecule has 4 rings (SSSR count). The number of hydrogen-bond acceptors (Lipinski definition) is 7. The summed E-state index contributed by atoms with van der Waals surface area (Å²) < 4.78 is 25.2. The molecule has 3 heterocycles. The molecular formula is C17H16FN5O2S. The van der Waals surface area contributed by atoms with Crippen LogP contribution in [0.1, 0.15) is 15.9 Å². The summed E-state index contributed by atoms with van der Waals surface area (Å²) in [6.45, 7) is 2.82. The van der Waals surface area contributed by atoms with Gasteiger partial charge in [-0.25, -0.2) is 18.7 Å². The quantitative estimate of drug-likeness (QED) is 0.525. The van der Waals surface area contributed by atoms with Crippen LogP contribution in [0.15, 0.2) is 36.9 Å². The second-order valence-electron chi connectivity index (χ2n) is 5.72. The Hall–Kier alpha value is -2.49. The van der Waals surface area contributed by atoms with Crippen molar-refractivity contribution < 1.29 is 13.9 Å². The van der Waals surface area contributed by atoms with Crippen LogP contribution in [0, 0.1) is 5.82 Å². The summed E-state index contributed by atoms with van der Waals surface area (Å²) in [5, 5.41) is 0.568. The van der Waals surface area contributed by atoms with Crippen molar-refractivity contribution in [1.82, 2.24) is 19.3 Å². The minimum Gasteiger partial charge on any atom is -0.379 e. The average Bonchev–Trinajstić information content (AvgIpc) is 3.12. The normalized spacial score (nSPS) is 15.3. The number of halogens is 1. The Morgan fingerprint density at radius 3 is 3.00 bits per heavy atom. The van der Waals surface area contributed by atoms with Crippen molar-refractivity contribution >= 4 is 34.6 Å². The lowest BCUT2D eigenvalue weighted by atomic mass is 10.0. The highest BCUT2D eigenvalue weighted by Crippen LogP contribution is 2.26. The molecule has 1 aliphatic heterocycles. The van der Waals surface area contributed by atoms with Gasteiger partial charge in [-0.05, 0) is 12.1 Å². The van der Waals surface area contributed by atoms with E-state index < -0.39 is 11.6 Å². The van der Waals surface area contributed by atoms with Crippen LogP contribution in [0.5, 0.6) is 0 Å². The molecule has 1 fully saturated rings. The van der Waals surface area contributed by atoms with Gasteiger partial charge in [0.2, 0.25) is 0 Å². The first-order valence-electron chi connectivity index (χ1n) is 8.10. The number of carbonyl (C=O) groups excluding carboxylic acids is 1. The summed E-state index contributed by atoms with van der Waals surface area (Å²) in [4.78, 5) is 23.7. The molecule has 9 heteroatoms. The molecule has 0 bridgehead atoms. The maximum absolute atomic E-state index is 14.9. The Bertz CT molecular complexity index is 942. The third kappa shape index (κ3) is 3.28. The highest BCUT2D eigenvalue weighted by atomic mass is 32.2. The fourth-order valence-corrected chi connectivity index (χ4v) is 3.45. The molecule has 0 aliphatic carbocycles. The minimum absolute atomic E-state index is 0.00216. The SMILES string of the molecule is O=C(c1cccc(NSN2CCOCC2)c1F)c1c[nH]c2ncncc12. The number of H-pyrrole nitrogens is 1. The van der Waals surface area contributed by atoms with Crippen molar-refractivity contribution in [3.8, 4) is 0 Å². The summed E-state index contributed by atoms with van der Waals surface area (Å²) in [6, 6.07) is 4.74. The average molecular weight is 373 g/mol. The molecule has 26 heavy (non-hydrogen) atoms. The zero-order valence-corrected chi connectivity index (χ0v) is 14.6. The highest BCUT2D eigenvalue weighted by molar-refractivity contribution is 7.98. The zero-order chi connectivity index (χ0) is 17.9. The van der Waals surface area contributed by atoms with Crippen LogP contribution in [0.2, 0.25) is 0 Å². The number of hydrogen-bond donors (Lipinski definition) is 2. The number of ketones is 1. The molecule has 1 saturated heterocycles. The number of aromatic amines is 1. The Labute approximate surface area is 153 Å². The molecule has 1 aliphatic rings. The first-order valence-corrected chi connectivity index (χ1v) is 8.87. The van der Waals surface area contributed by atoms with E-state index in [9.17, 15) is 9.18 Å². The lowest BCUT2D eigenvalue weighted by molar-refractivity contribution is 0.0775. The first kappa shape index (κ1) is 17.0. The second kappa shape index (κ2) is 7.40. The number of nitrogens with zero attached hydrogens (tertiary/aromatic N) is 3. The second-order valence-corrected chi connectivity index (χ2v) is 6.62. The van der Waals surface area contributed by atoms with Gasteiger partial charge in [0.15, 0.2) is 11.6 Å². The first-order chi connectivity index (χ1) is 12.7. The monoisotopic (exact) mass is 373 g/mol. The van der Waals surface area contributed by atoms with Crippen LogP contribution in [-0.2, 0) is 4.74 Å². The van der Waals surface area contributed by atoms with E-state index in [4.69, 9.17) is 4.74 Å². The van der Waals surface area contributed by atoms with Gasteiger partial charge in [-0.3, -0.25) is 4.79 Å². The Morgan fingerprint density at radius 2 is 2.15 bits per heavy atom. The van der Waals surface area contributed by atoms with E-state index in [0.717, 1.165) is 13.1 Å². The lowest BCUT2D eigenvalue weighted by Crippen LogP contribution is -2.32. The summed E-state index contributed by atoms with van der Waals surface area (Å²) >= 11 is 1.31. The van der Waals surface area contributed by atoms with E-state index in [0.29, 0.717) is 29.8 Å². The molecule has 7 nitrogen and oxygen atoms in total. The number of carbonyl (C=O) groups is 1. The predicted molar refractivity (Wildman–Crippen MR) is 97.3 cm³/mol. The van der Waals surface area contributed by atoms with Crippen LogP contribution in [0.3, 0.4) is 0 Å². The van der Waals surface area contributed by atoms with E-state index in [-0.39, 0.29) is 11.3 Å². The largest absolute Gasteiger partial charge is 0.379 e. The number of morpholine rings is 1. The van der Waals surface area contributed by atoms with Gasteiger partial charge in [-0.2, -0.15) is 0 Å².